The molecule has 0 unspecified atom stereocenters. The average Bonchev–Trinajstić information content (AvgIpc) is 2.03. The Morgan fingerprint density at radius 1 is 1.07 bits per heavy atom. The number of carboxylic acids is 2. The first kappa shape index (κ1) is 19.0. The van der Waals surface area contributed by atoms with Crippen LogP contribution in [0.1, 0.15) is 13.8 Å². The lowest BCUT2D eigenvalue weighted by Crippen LogP contribution is -2.11. The minimum atomic E-state index is -0.833. The molecule has 0 aliphatic heterocycles. The first-order valence-corrected chi connectivity index (χ1v) is 4.20. The summed E-state index contributed by atoms with van der Waals surface area (Å²) in [6.07, 6.45) is 3.65. The predicted octanol–water partition coefficient (Wildman–Crippen LogP) is 1.13. The Morgan fingerprint density at radius 3 is 1.40 bits per heavy atom. The monoisotopic (exact) mass is 217 g/mol. The Kier molecular flexibility index (Phi) is 23.1. The van der Waals surface area contributed by atoms with Crippen molar-refractivity contribution in [1.29, 1.82) is 0 Å². The maximum absolute atomic E-state index is 9.00. The van der Waals surface area contributed by atoms with Crippen LogP contribution in [0.3, 0.4) is 0 Å². The Hall–Kier alpha value is -1.62. The van der Waals surface area contributed by atoms with E-state index in [1.54, 1.807) is 0 Å². The molecule has 3 N–H and O–H groups in total. The third kappa shape index (κ3) is 235. The standard InChI is InChI=1S/C6H11N.2C2H4O2/c1-3-5-7-6-4-2;2*1-2(3)4/h3-4,7H,1-2,5-6H2;2*1H3,(H,3,4). The van der Waals surface area contributed by atoms with E-state index in [4.69, 9.17) is 19.8 Å². The van der Waals surface area contributed by atoms with Gasteiger partial charge in [-0.05, 0) is 0 Å². The zero-order chi connectivity index (χ0) is 12.7. The summed E-state index contributed by atoms with van der Waals surface area (Å²) < 4.78 is 0. The van der Waals surface area contributed by atoms with Crippen molar-refractivity contribution >= 4 is 11.9 Å². The smallest absolute Gasteiger partial charge is 0.300 e. The maximum Gasteiger partial charge on any atom is 0.300 e. The summed E-state index contributed by atoms with van der Waals surface area (Å²) in [6.45, 7) is 11.0. The molecule has 0 saturated carbocycles. The van der Waals surface area contributed by atoms with E-state index >= 15 is 0 Å². The van der Waals surface area contributed by atoms with Crippen LogP contribution in [0.15, 0.2) is 25.3 Å². The Morgan fingerprint density at radius 2 is 1.27 bits per heavy atom. The van der Waals surface area contributed by atoms with Gasteiger partial charge in [-0.2, -0.15) is 0 Å². The van der Waals surface area contributed by atoms with Crippen LogP contribution < -0.4 is 5.32 Å². The predicted molar refractivity (Wildman–Crippen MR) is 59.9 cm³/mol. The lowest BCUT2D eigenvalue weighted by molar-refractivity contribution is -0.135. The number of carboxylic acid groups (broad SMARTS) is 2. The van der Waals surface area contributed by atoms with Gasteiger partial charge in [-0.1, -0.05) is 12.2 Å². The molecule has 0 atom stereocenters. The second-order valence-electron chi connectivity index (χ2n) is 2.27. The molecule has 88 valence electrons. The van der Waals surface area contributed by atoms with Gasteiger partial charge in [0.25, 0.3) is 11.9 Å². The number of hydrogen-bond donors (Lipinski definition) is 3. The maximum atomic E-state index is 9.00. The van der Waals surface area contributed by atoms with Crippen molar-refractivity contribution in [2.24, 2.45) is 0 Å². The highest BCUT2D eigenvalue weighted by Gasteiger charge is 1.69. The molecule has 0 bridgehead atoms. The van der Waals surface area contributed by atoms with Crippen molar-refractivity contribution in [2.45, 2.75) is 13.8 Å². The molecule has 0 saturated heterocycles. The summed E-state index contributed by atoms with van der Waals surface area (Å²) in [7, 11) is 0. The van der Waals surface area contributed by atoms with E-state index in [1.165, 1.54) is 0 Å². The molecule has 0 amide bonds. The first-order chi connectivity index (χ1) is 6.88. The molecule has 0 aliphatic carbocycles. The van der Waals surface area contributed by atoms with E-state index in [-0.39, 0.29) is 0 Å². The van der Waals surface area contributed by atoms with E-state index in [9.17, 15) is 0 Å². The fourth-order valence-corrected chi connectivity index (χ4v) is 0.287. The molecular formula is C10H19NO4. The Balaban J connectivity index is -0.000000155. The van der Waals surface area contributed by atoms with Gasteiger partial charge in [-0.3, -0.25) is 9.59 Å². The van der Waals surface area contributed by atoms with Gasteiger partial charge in [0.15, 0.2) is 0 Å². The average molecular weight is 217 g/mol. The van der Waals surface area contributed by atoms with Gasteiger partial charge in [0.1, 0.15) is 0 Å². The summed E-state index contributed by atoms with van der Waals surface area (Å²) in [5.41, 5.74) is 0. The lowest BCUT2D eigenvalue weighted by atomic mass is 10.5. The fraction of sp³-hybridized carbons (Fsp3) is 0.400. The third-order valence-corrected chi connectivity index (χ3v) is 0.577. The highest BCUT2D eigenvalue weighted by molar-refractivity contribution is 5.63. The molecule has 15 heavy (non-hydrogen) atoms. The van der Waals surface area contributed by atoms with Gasteiger partial charge < -0.3 is 15.5 Å². The molecule has 0 heterocycles. The van der Waals surface area contributed by atoms with Crippen molar-refractivity contribution in [3.05, 3.63) is 25.3 Å². The summed E-state index contributed by atoms with van der Waals surface area (Å²) in [5, 5.41) is 17.9. The molecule has 0 aromatic carbocycles. The quantitative estimate of drug-likeness (QED) is 0.485. The van der Waals surface area contributed by atoms with Crippen LogP contribution in [0.4, 0.5) is 0 Å². The van der Waals surface area contributed by atoms with Crippen molar-refractivity contribution in [3.8, 4) is 0 Å². The van der Waals surface area contributed by atoms with Gasteiger partial charge in [0, 0.05) is 26.9 Å². The van der Waals surface area contributed by atoms with Gasteiger partial charge in [-0.15, -0.1) is 13.2 Å². The number of nitrogens with one attached hydrogen (secondary N) is 1. The second-order valence-corrected chi connectivity index (χ2v) is 2.27. The Labute approximate surface area is 90.1 Å². The minimum absolute atomic E-state index is 0.833. The zero-order valence-corrected chi connectivity index (χ0v) is 9.19. The summed E-state index contributed by atoms with van der Waals surface area (Å²) >= 11 is 0. The van der Waals surface area contributed by atoms with Crippen molar-refractivity contribution in [1.82, 2.24) is 5.32 Å². The van der Waals surface area contributed by atoms with Crippen LogP contribution in [0.25, 0.3) is 0 Å². The highest BCUT2D eigenvalue weighted by atomic mass is 16.4. The fourth-order valence-electron chi connectivity index (χ4n) is 0.287. The molecular weight excluding hydrogens is 198 g/mol. The summed E-state index contributed by atoms with van der Waals surface area (Å²) in [5.74, 6) is -1.67. The van der Waals surface area contributed by atoms with E-state index in [0.717, 1.165) is 26.9 Å². The van der Waals surface area contributed by atoms with Crippen LogP contribution in [-0.4, -0.2) is 35.2 Å². The normalized spacial score (nSPS) is 7.07. The molecule has 0 radical (unpaired) electrons. The second kappa shape index (κ2) is 18.2. The molecule has 0 fully saturated rings. The number of aliphatic carboxylic acids is 2. The molecule has 0 spiro atoms. The Bertz CT molecular complexity index is 162. The summed E-state index contributed by atoms with van der Waals surface area (Å²) in [4.78, 5) is 18.0. The topological polar surface area (TPSA) is 86.6 Å². The van der Waals surface area contributed by atoms with Crippen LogP contribution in [0.2, 0.25) is 0 Å². The van der Waals surface area contributed by atoms with Crippen LogP contribution in [0.5, 0.6) is 0 Å². The van der Waals surface area contributed by atoms with Gasteiger partial charge >= 0.3 is 0 Å². The van der Waals surface area contributed by atoms with Crippen LogP contribution in [0, 0.1) is 0 Å². The number of carbonyl (C=O) groups is 2. The van der Waals surface area contributed by atoms with E-state index in [0.29, 0.717) is 0 Å². The third-order valence-electron chi connectivity index (χ3n) is 0.577. The van der Waals surface area contributed by atoms with Gasteiger partial charge in [0.2, 0.25) is 0 Å². The van der Waals surface area contributed by atoms with Crippen molar-refractivity contribution < 1.29 is 19.8 Å². The van der Waals surface area contributed by atoms with Crippen molar-refractivity contribution in [2.75, 3.05) is 13.1 Å². The van der Waals surface area contributed by atoms with Gasteiger partial charge in [-0.25, -0.2) is 0 Å². The van der Waals surface area contributed by atoms with Gasteiger partial charge in [0.05, 0.1) is 0 Å². The van der Waals surface area contributed by atoms with E-state index in [1.807, 2.05) is 12.2 Å². The SMILES string of the molecule is C=CCNCC=C.CC(=O)O.CC(=O)O. The zero-order valence-electron chi connectivity index (χ0n) is 9.19. The number of hydrogen-bond acceptors (Lipinski definition) is 3. The number of rotatable bonds is 4. The van der Waals surface area contributed by atoms with E-state index < -0.39 is 11.9 Å². The summed E-state index contributed by atoms with van der Waals surface area (Å²) in [6, 6.07) is 0. The molecule has 5 nitrogen and oxygen atoms in total. The minimum Gasteiger partial charge on any atom is -0.481 e. The molecule has 0 aromatic rings. The van der Waals surface area contributed by atoms with Crippen LogP contribution >= 0.6 is 0 Å². The van der Waals surface area contributed by atoms with Crippen molar-refractivity contribution in [3.63, 3.8) is 0 Å². The highest BCUT2D eigenvalue weighted by Crippen LogP contribution is 1.59. The molecule has 0 aliphatic rings. The lowest BCUT2D eigenvalue weighted by Gasteiger charge is -1.90. The van der Waals surface area contributed by atoms with E-state index in [2.05, 4.69) is 18.5 Å². The molecule has 0 rings (SSSR count). The first-order valence-electron chi connectivity index (χ1n) is 4.20. The van der Waals surface area contributed by atoms with Crippen LogP contribution in [-0.2, 0) is 9.59 Å². The molecule has 5 heteroatoms. The largest absolute Gasteiger partial charge is 0.481 e. The molecule has 0 aromatic heterocycles.